The summed E-state index contributed by atoms with van der Waals surface area (Å²) in [6.07, 6.45) is 0. The number of hydrogen-bond donors (Lipinski definition) is 1. The normalized spacial score (nSPS) is 11.4. The van der Waals surface area contributed by atoms with E-state index in [0.29, 0.717) is 0 Å². The number of anilines is 1. The maximum atomic E-state index is 13.6. The molecule has 0 bridgehead atoms. The highest BCUT2D eigenvalue weighted by molar-refractivity contribution is 7.92. The lowest BCUT2D eigenvalue weighted by atomic mass is 10.3. The molecule has 20 heavy (non-hydrogen) atoms. The second kappa shape index (κ2) is 5.77. The van der Waals surface area contributed by atoms with Crippen LogP contribution in [0.15, 0.2) is 41.3 Å². The minimum Gasteiger partial charge on any atom is -0.277 e. The number of sulfonamides is 1. The van der Waals surface area contributed by atoms with Crippen LogP contribution in [0.2, 0.25) is 15.1 Å². The fourth-order valence-corrected chi connectivity index (χ4v) is 3.44. The fraction of sp³-hybridized carbons (Fsp3) is 0. The topological polar surface area (TPSA) is 46.2 Å². The Morgan fingerprint density at radius 2 is 1.55 bits per heavy atom. The summed E-state index contributed by atoms with van der Waals surface area (Å²) in [5.74, 6) is -0.792. The molecule has 0 aliphatic rings. The van der Waals surface area contributed by atoms with Crippen molar-refractivity contribution in [1.82, 2.24) is 0 Å². The summed E-state index contributed by atoms with van der Waals surface area (Å²) in [6.45, 7) is 0. The van der Waals surface area contributed by atoms with Gasteiger partial charge in [-0.2, -0.15) is 0 Å². The van der Waals surface area contributed by atoms with Crippen LogP contribution in [0.3, 0.4) is 0 Å². The number of nitrogens with one attached hydrogen (secondary N) is 1. The molecule has 1 N–H and O–H groups in total. The lowest BCUT2D eigenvalue weighted by molar-refractivity contribution is 0.598. The first-order valence-electron chi connectivity index (χ1n) is 5.22. The van der Waals surface area contributed by atoms with Gasteiger partial charge in [-0.25, -0.2) is 12.8 Å². The molecule has 106 valence electrons. The van der Waals surface area contributed by atoms with Crippen LogP contribution in [0.5, 0.6) is 0 Å². The van der Waals surface area contributed by atoms with Crippen molar-refractivity contribution in [3.63, 3.8) is 0 Å². The molecular weight excluding hydrogens is 348 g/mol. The highest BCUT2D eigenvalue weighted by atomic mass is 35.5. The van der Waals surface area contributed by atoms with Gasteiger partial charge < -0.3 is 0 Å². The average Bonchev–Trinajstić information content (AvgIpc) is 2.35. The van der Waals surface area contributed by atoms with Crippen molar-refractivity contribution >= 4 is 50.5 Å². The maximum absolute atomic E-state index is 13.6. The van der Waals surface area contributed by atoms with Gasteiger partial charge >= 0.3 is 0 Å². The van der Waals surface area contributed by atoms with Gasteiger partial charge in [-0.1, -0.05) is 34.8 Å². The zero-order chi connectivity index (χ0) is 14.9. The fourth-order valence-electron chi connectivity index (χ4n) is 1.46. The Bertz CT molecular complexity index is 765. The Morgan fingerprint density at radius 3 is 2.20 bits per heavy atom. The van der Waals surface area contributed by atoms with E-state index in [1.54, 1.807) is 0 Å². The summed E-state index contributed by atoms with van der Waals surface area (Å²) in [5, 5.41) is 0.342. The minimum atomic E-state index is -4.05. The molecule has 0 aliphatic carbocycles. The monoisotopic (exact) mass is 353 g/mol. The van der Waals surface area contributed by atoms with E-state index in [1.165, 1.54) is 30.3 Å². The SMILES string of the molecule is O=S(=O)(Nc1ccc(Cl)cc1F)c1cc(Cl)ccc1Cl. The van der Waals surface area contributed by atoms with E-state index >= 15 is 0 Å². The molecule has 0 radical (unpaired) electrons. The zero-order valence-electron chi connectivity index (χ0n) is 9.70. The van der Waals surface area contributed by atoms with Gasteiger partial charge in [-0.15, -0.1) is 0 Å². The lowest BCUT2D eigenvalue weighted by Crippen LogP contribution is -2.14. The molecular formula is C12H7Cl3FNO2S. The molecule has 2 rings (SSSR count). The maximum Gasteiger partial charge on any atom is 0.263 e. The third kappa shape index (κ3) is 3.35. The van der Waals surface area contributed by atoms with Crippen LogP contribution in [-0.2, 0) is 10.0 Å². The van der Waals surface area contributed by atoms with Crippen LogP contribution in [0.1, 0.15) is 0 Å². The second-order valence-electron chi connectivity index (χ2n) is 3.80. The van der Waals surface area contributed by atoms with E-state index in [1.807, 2.05) is 0 Å². The molecule has 0 amide bonds. The summed E-state index contributed by atoms with van der Waals surface area (Å²) in [7, 11) is -4.05. The van der Waals surface area contributed by atoms with Crippen molar-refractivity contribution in [3.05, 3.63) is 57.3 Å². The van der Waals surface area contributed by atoms with E-state index in [-0.39, 0.29) is 25.7 Å². The van der Waals surface area contributed by atoms with E-state index in [2.05, 4.69) is 4.72 Å². The molecule has 8 heteroatoms. The Labute approximate surface area is 130 Å². The van der Waals surface area contributed by atoms with Gasteiger partial charge in [-0.05, 0) is 36.4 Å². The second-order valence-corrected chi connectivity index (χ2v) is 6.74. The summed E-state index contributed by atoms with van der Waals surface area (Å²) >= 11 is 17.2. The number of benzene rings is 2. The molecule has 0 spiro atoms. The third-order valence-corrected chi connectivity index (χ3v) is 4.68. The largest absolute Gasteiger partial charge is 0.277 e. The van der Waals surface area contributed by atoms with Gasteiger partial charge in [0.1, 0.15) is 10.7 Å². The number of hydrogen-bond acceptors (Lipinski definition) is 2. The van der Waals surface area contributed by atoms with E-state index < -0.39 is 15.8 Å². The van der Waals surface area contributed by atoms with Crippen LogP contribution in [0.4, 0.5) is 10.1 Å². The van der Waals surface area contributed by atoms with Crippen molar-refractivity contribution in [3.8, 4) is 0 Å². The Balaban J connectivity index is 2.43. The molecule has 0 aromatic heterocycles. The van der Waals surface area contributed by atoms with Crippen molar-refractivity contribution in [2.24, 2.45) is 0 Å². The smallest absolute Gasteiger partial charge is 0.263 e. The van der Waals surface area contributed by atoms with Crippen LogP contribution in [0.25, 0.3) is 0 Å². The van der Waals surface area contributed by atoms with Gasteiger partial charge in [-0.3, -0.25) is 4.72 Å². The van der Waals surface area contributed by atoms with Crippen molar-refractivity contribution < 1.29 is 12.8 Å². The first kappa shape index (κ1) is 15.4. The minimum absolute atomic E-state index is 0.0173. The summed E-state index contributed by atoms with van der Waals surface area (Å²) in [6, 6.07) is 7.55. The molecule has 0 saturated heterocycles. The average molecular weight is 355 g/mol. The summed E-state index contributed by atoms with van der Waals surface area (Å²) in [5.41, 5.74) is -0.231. The van der Waals surface area contributed by atoms with Crippen molar-refractivity contribution in [2.45, 2.75) is 4.90 Å². The van der Waals surface area contributed by atoms with E-state index in [4.69, 9.17) is 34.8 Å². The van der Waals surface area contributed by atoms with Crippen LogP contribution in [0, 0.1) is 5.82 Å². The van der Waals surface area contributed by atoms with Gasteiger partial charge in [0.15, 0.2) is 0 Å². The van der Waals surface area contributed by atoms with Gasteiger partial charge in [0.05, 0.1) is 10.7 Å². The molecule has 2 aromatic rings. The third-order valence-electron chi connectivity index (χ3n) is 2.36. The molecule has 0 saturated carbocycles. The standard InChI is InChI=1S/C12H7Cl3FNO2S/c13-7-2-4-11(10(16)5-7)17-20(18,19)12-6-8(14)1-3-9(12)15/h1-6,17H. The first-order valence-corrected chi connectivity index (χ1v) is 7.84. The van der Waals surface area contributed by atoms with Crippen LogP contribution in [-0.4, -0.2) is 8.42 Å². The highest BCUT2D eigenvalue weighted by Crippen LogP contribution is 2.28. The summed E-state index contributed by atoms with van der Waals surface area (Å²) < 4.78 is 40.0. The van der Waals surface area contributed by atoms with Crippen LogP contribution >= 0.6 is 34.8 Å². The molecule has 0 unspecified atom stereocenters. The predicted molar refractivity (Wildman–Crippen MR) is 78.7 cm³/mol. The van der Waals surface area contributed by atoms with Crippen molar-refractivity contribution in [2.75, 3.05) is 4.72 Å². The highest BCUT2D eigenvalue weighted by Gasteiger charge is 2.20. The number of rotatable bonds is 3. The van der Waals surface area contributed by atoms with E-state index in [0.717, 1.165) is 6.07 Å². The van der Waals surface area contributed by atoms with Crippen LogP contribution < -0.4 is 4.72 Å². The Hall–Kier alpha value is -1.01. The predicted octanol–water partition coefficient (Wildman–Crippen LogP) is 4.59. The molecule has 0 fully saturated rings. The quantitative estimate of drug-likeness (QED) is 0.876. The van der Waals surface area contributed by atoms with Crippen molar-refractivity contribution in [1.29, 1.82) is 0 Å². The van der Waals surface area contributed by atoms with Gasteiger partial charge in [0, 0.05) is 10.0 Å². The van der Waals surface area contributed by atoms with Gasteiger partial charge in [0.2, 0.25) is 0 Å². The number of halogens is 4. The molecule has 0 atom stereocenters. The Kier molecular flexibility index (Phi) is 4.44. The van der Waals surface area contributed by atoms with Gasteiger partial charge in [0.25, 0.3) is 10.0 Å². The zero-order valence-corrected chi connectivity index (χ0v) is 12.8. The molecule has 0 aliphatic heterocycles. The lowest BCUT2D eigenvalue weighted by Gasteiger charge is -2.10. The molecule has 2 aromatic carbocycles. The summed E-state index contributed by atoms with van der Waals surface area (Å²) in [4.78, 5) is -0.235. The molecule has 0 heterocycles. The first-order chi connectivity index (χ1) is 9.29. The van der Waals surface area contributed by atoms with E-state index in [9.17, 15) is 12.8 Å². The molecule has 3 nitrogen and oxygen atoms in total. The Morgan fingerprint density at radius 1 is 0.950 bits per heavy atom.